The summed E-state index contributed by atoms with van der Waals surface area (Å²) in [7, 11) is 2.00. The Bertz CT molecular complexity index is 770. The lowest BCUT2D eigenvalue weighted by Crippen LogP contribution is -2.41. The summed E-state index contributed by atoms with van der Waals surface area (Å²) >= 11 is 1.81. The van der Waals surface area contributed by atoms with Gasteiger partial charge in [-0.2, -0.15) is 0 Å². The Labute approximate surface area is 202 Å². The lowest BCUT2D eigenvalue weighted by atomic mass is 10.1. The fraction of sp³-hybridized carbons (Fsp3) is 0.667. The topological polar surface area (TPSA) is 61.6 Å². The van der Waals surface area contributed by atoms with E-state index in [-0.39, 0.29) is 24.0 Å². The molecule has 1 saturated heterocycles. The van der Waals surface area contributed by atoms with Crippen LogP contribution in [-0.4, -0.2) is 69.8 Å². The molecule has 7 nitrogen and oxygen atoms in total. The predicted octanol–water partition coefficient (Wildman–Crippen LogP) is 3.16. The van der Waals surface area contributed by atoms with Crippen LogP contribution in [0.4, 0.5) is 0 Å². The van der Waals surface area contributed by atoms with E-state index >= 15 is 0 Å². The average Bonchev–Trinajstić information content (AvgIpc) is 3.47. The number of likely N-dealkylation sites (tertiary alicyclic amines) is 1. The van der Waals surface area contributed by atoms with Crippen LogP contribution >= 0.6 is 35.3 Å². The van der Waals surface area contributed by atoms with Crippen molar-refractivity contribution in [3.63, 3.8) is 0 Å². The first-order valence-corrected chi connectivity index (χ1v) is 11.6. The monoisotopic (exact) mass is 545 g/mol. The van der Waals surface area contributed by atoms with Crippen LogP contribution in [0.5, 0.6) is 0 Å². The first-order chi connectivity index (χ1) is 14.1. The summed E-state index contributed by atoms with van der Waals surface area (Å²) in [5, 5.41) is 14.2. The second-order valence-electron chi connectivity index (χ2n) is 7.70. The van der Waals surface area contributed by atoms with Crippen LogP contribution in [0.2, 0.25) is 0 Å². The Balaban J connectivity index is 0.00000320. The quantitative estimate of drug-likeness (QED) is 0.298. The van der Waals surface area contributed by atoms with Crippen molar-refractivity contribution in [3.05, 3.63) is 34.0 Å². The van der Waals surface area contributed by atoms with Gasteiger partial charge in [-0.3, -0.25) is 0 Å². The van der Waals surface area contributed by atoms with Gasteiger partial charge in [0.2, 0.25) is 0 Å². The van der Waals surface area contributed by atoms with Crippen LogP contribution in [-0.2, 0) is 20.0 Å². The Morgan fingerprint density at radius 3 is 2.77 bits per heavy atom. The number of nitrogens with zero attached hydrogens (tertiary/aromatic N) is 6. The molecule has 0 aromatic carbocycles. The maximum atomic E-state index is 4.92. The van der Waals surface area contributed by atoms with Crippen LogP contribution in [0, 0.1) is 12.8 Å². The molecule has 0 spiro atoms. The summed E-state index contributed by atoms with van der Waals surface area (Å²) in [6.45, 7) is 13.5. The zero-order chi connectivity index (χ0) is 20.6. The number of guanidine groups is 1. The highest BCUT2D eigenvalue weighted by molar-refractivity contribution is 14.0. The molecule has 1 atom stereocenters. The molecule has 30 heavy (non-hydrogen) atoms. The number of halogens is 1. The third-order valence-electron chi connectivity index (χ3n) is 5.78. The van der Waals surface area contributed by atoms with E-state index in [1.54, 1.807) is 0 Å². The van der Waals surface area contributed by atoms with Gasteiger partial charge in [-0.15, -0.1) is 45.5 Å². The molecule has 1 unspecified atom stereocenters. The fourth-order valence-electron chi connectivity index (χ4n) is 3.78. The van der Waals surface area contributed by atoms with E-state index in [1.807, 2.05) is 29.9 Å². The minimum absolute atomic E-state index is 0. The van der Waals surface area contributed by atoms with E-state index in [9.17, 15) is 0 Å². The molecular formula is C21H36IN7S. The smallest absolute Gasteiger partial charge is 0.194 e. The number of aliphatic imine (C=N–C) groups is 1. The molecule has 1 fully saturated rings. The third-order valence-corrected chi connectivity index (χ3v) is 6.72. The van der Waals surface area contributed by atoms with Gasteiger partial charge in [-0.25, -0.2) is 4.99 Å². The average molecular weight is 546 g/mol. The van der Waals surface area contributed by atoms with Gasteiger partial charge in [-0.05, 0) is 50.2 Å². The van der Waals surface area contributed by atoms with Gasteiger partial charge in [0, 0.05) is 38.1 Å². The van der Waals surface area contributed by atoms with Crippen molar-refractivity contribution >= 4 is 41.3 Å². The van der Waals surface area contributed by atoms with E-state index in [1.165, 1.54) is 17.8 Å². The molecule has 3 rings (SSSR count). The molecule has 0 bridgehead atoms. The lowest BCUT2D eigenvalue weighted by molar-refractivity contribution is 0.255. The van der Waals surface area contributed by atoms with E-state index < -0.39 is 0 Å². The minimum Gasteiger partial charge on any atom is -0.356 e. The largest absolute Gasteiger partial charge is 0.356 e. The number of hydrogen-bond donors (Lipinski definition) is 1. The van der Waals surface area contributed by atoms with Crippen LogP contribution in [0.25, 0.3) is 0 Å². The van der Waals surface area contributed by atoms with E-state index in [2.05, 4.69) is 56.7 Å². The molecule has 0 aliphatic carbocycles. The van der Waals surface area contributed by atoms with Crippen molar-refractivity contribution in [2.24, 2.45) is 18.0 Å². The second kappa shape index (κ2) is 12.6. The van der Waals surface area contributed by atoms with Gasteiger partial charge in [0.1, 0.15) is 12.4 Å². The number of thiophene rings is 1. The van der Waals surface area contributed by atoms with Crippen LogP contribution in [0.15, 0.2) is 22.5 Å². The van der Waals surface area contributed by atoms with Crippen LogP contribution in [0.1, 0.15) is 36.8 Å². The predicted molar refractivity (Wildman–Crippen MR) is 136 cm³/mol. The van der Waals surface area contributed by atoms with Crippen molar-refractivity contribution in [1.82, 2.24) is 29.9 Å². The molecule has 168 valence electrons. The maximum Gasteiger partial charge on any atom is 0.194 e. The molecule has 9 heteroatoms. The summed E-state index contributed by atoms with van der Waals surface area (Å²) in [4.78, 5) is 11.3. The van der Waals surface area contributed by atoms with Crippen molar-refractivity contribution in [2.75, 3.05) is 39.3 Å². The summed E-state index contributed by atoms with van der Waals surface area (Å²) in [5.74, 6) is 3.53. The number of aryl methyl sites for hydroxylation is 1. The van der Waals surface area contributed by atoms with Crippen LogP contribution in [0.3, 0.4) is 0 Å². The molecule has 0 amide bonds. The van der Waals surface area contributed by atoms with Gasteiger partial charge in [0.15, 0.2) is 11.8 Å². The zero-order valence-electron chi connectivity index (χ0n) is 18.7. The van der Waals surface area contributed by atoms with Crippen molar-refractivity contribution in [3.8, 4) is 0 Å². The molecular weight excluding hydrogens is 509 g/mol. The van der Waals surface area contributed by atoms with Gasteiger partial charge < -0.3 is 19.7 Å². The van der Waals surface area contributed by atoms with Gasteiger partial charge in [0.05, 0.1) is 0 Å². The van der Waals surface area contributed by atoms with Crippen molar-refractivity contribution in [2.45, 2.75) is 40.2 Å². The summed E-state index contributed by atoms with van der Waals surface area (Å²) in [5.41, 5.74) is 0. The number of hydrogen-bond acceptors (Lipinski definition) is 5. The van der Waals surface area contributed by atoms with Gasteiger partial charge >= 0.3 is 0 Å². The third kappa shape index (κ3) is 6.91. The Kier molecular flexibility index (Phi) is 10.5. The number of aromatic nitrogens is 3. The van der Waals surface area contributed by atoms with E-state index in [0.29, 0.717) is 12.5 Å². The summed E-state index contributed by atoms with van der Waals surface area (Å²) in [6.07, 6.45) is 2.25. The maximum absolute atomic E-state index is 4.92. The van der Waals surface area contributed by atoms with Crippen molar-refractivity contribution in [1.29, 1.82) is 0 Å². The number of nitrogens with one attached hydrogen (secondary N) is 1. The Hall–Kier alpha value is -1.20. The normalized spacial score (nSPS) is 16.9. The highest BCUT2D eigenvalue weighted by atomic mass is 127. The lowest BCUT2D eigenvalue weighted by Gasteiger charge is -2.24. The minimum atomic E-state index is 0. The van der Waals surface area contributed by atoms with Crippen molar-refractivity contribution < 1.29 is 0 Å². The fourth-order valence-corrected chi connectivity index (χ4v) is 4.48. The molecule has 2 aromatic rings. The summed E-state index contributed by atoms with van der Waals surface area (Å²) < 4.78 is 2.01. The van der Waals surface area contributed by atoms with E-state index in [4.69, 9.17) is 4.99 Å². The molecule has 0 radical (unpaired) electrons. The molecule has 2 aromatic heterocycles. The van der Waals surface area contributed by atoms with Gasteiger partial charge in [0.25, 0.3) is 0 Å². The Morgan fingerprint density at radius 1 is 1.33 bits per heavy atom. The molecule has 1 N–H and O–H groups in total. The zero-order valence-corrected chi connectivity index (χ0v) is 21.8. The standard InChI is InChI=1S/C21H35N7S.HI/c1-5-27(6-2)15-18-10-12-28(16-18)21(22-11-9-19-8-7-13-29-19)23-14-20-25-24-17(3)26(20)4;/h7-8,13,18H,5-6,9-12,14-16H2,1-4H3,(H,22,23);1H. The molecule has 0 saturated carbocycles. The molecule has 3 heterocycles. The molecule has 1 aliphatic rings. The first-order valence-electron chi connectivity index (χ1n) is 10.7. The van der Waals surface area contributed by atoms with Gasteiger partial charge in [-0.1, -0.05) is 19.9 Å². The Morgan fingerprint density at radius 2 is 2.13 bits per heavy atom. The SMILES string of the molecule is CCN(CC)CC1CCN(C(=NCc2nnc(C)n2C)NCCc2cccs2)C1.I. The highest BCUT2D eigenvalue weighted by Crippen LogP contribution is 2.18. The molecule has 1 aliphatic heterocycles. The van der Waals surface area contributed by atoms with E-state index in [0.717, 1.165) is 56.8 Å². The highest BCUT2D eigenvalue weighted by Gasteiger charge is 2.26. The second-order valence-corrected chi connectivity index (χ2v) is 8.74. The van der Waals surface area contributed by atoms with Crippen LogP contribution < -0.4 is 5.32 Å². The number of rotatable bonds is 9. The first kappa shape index (κ1) is 25.1. The summed E-state index contributed by atoms with van der Waals surface area (Å²) in [6, 6.07) is 4.31.